The molecule has 1 amide bonds. The molecular weight excluding hydrogens is 140 g/mol. The molecule has 0 radical (unpaired) electrons. The third-order valence-electron chi connectivity index (χ3n) is 1.94. The lowest BCUT2D eigenvalue weighted by atomic mass is 9.95. The van der Waals surface area contributed by atoms with Gasteiger partial charge >= 0.3 is 0 Å². The van der Waals surface area contributed by atoms with Crippen LogP contribution in [0.5, 0.6) is 0 Å². The van der Waals surface area contributed by atoms with E-state index in [1.165, 1.54) is 0 Å². The van der Waals surface area contributed by atoms with E-state index < -0.39 is 5.54 Å². The minimum absolute atomic E-state index is 0.318. The zero-order valence-electron chi connectivity index (χ0n) is 7.18. The molecule has 0 aromatic rings. The molecule has 0 aliphatic heterocycles. The number of amides is 1. The van der Waals surface area contributed by atoms with Gasteiger partial charge in [0.05, 0.1) is 5.54 Å². The van der Waals surface area contributed by atoms with Gasteiger partial charge in [0.1, 0.15) is 0 Å². The summed E-state index contributed by atoms with van der Waals surface area (Å²) in [6.07, 6.45) is 3.27. The van der Waals surface area contributed by atoms with Crippen molar-refractivity contribution in [1.29, 1.82) is 0 Å². The molecule has 1 unspecified atom stereocenters. The fourth-order valence-corrected chi connectivity index (χ4v) is 0.762. The summed E-state index contributed by atoms with van der Waals surface area (Å²) in [5, 5.41) is 2.89. The van der Waals surface area contributed by atoms with E-state index in [1.807, 2.05) is 0 Å². The lowest BCUT2D eigenvalue weighted by Gasteiger charge is -2.24. The summed E-state index contributed by atoms with van der Waals surface area (Å²) in [6, 6.07) is 0. The normalized spacial score (nSPS) is 15.5. The number of likely N-dealkylation sites (N-methyl/N-ethyl adjacent to an activating group) is 1. The van der Waals surface area contributed by atoms with Crippen molar-refractivity contribution in [3.05, 3.63) is 12.7 Å². The first-order valence-electron chi connectivity index (χ1n) is 3.66. The number of nitrogens with one attached hydrogen (secondary N) is 1. The van der Waals surface area contributed by atoms with E-state index in [4.69, 9.17) is 5.73 Å². The molecule has 0 spiro atoms. The number of carbonyl (C=O) groups is 1. The quantitative estimate of drug-likeness (QED) is 0.567. The first kappa shape index (κ1) is 10.2. The molecule has 0 bridgehead atoms. The fraction of sp³-hybridized carbons (Fsp3) is 0.625. The van der Waals surface area contributed by atoms with E-state index in [0.29, 0.717) is 6.42 Å². The third-order valence-corrected chi connectivity index (χ3v) is 1.94. The van der Waals surface area contributed by atoms with E-state index >= 15 is 0 Å². The van der Waals surface area contributed by atoms with Gasteiger partial charge < -0.3 is 11.1 Å². The molecule has 0 rings (SSSR count). The van der Waals surface area contributed by atoms with Crippen LogP contribution < -0.4 is 11.1 Å². The molecule has 11 heavy (non-hydrogen) atoms. The molecule has 0 fully saturated rings. The maximum atomic E-state index is 10.9. The van der Waals surface area contributed by atoms with Gasteiger partial charge in [0.25, 0.3) is 0 Å². The molecule has 0 saturated carbocycles. The summed E-state index contributed by atoms with van der Waals surface area (Å²) < 4.78 is 0. The van der Waals surface area contributed by atoms with Gasteiger partial charge in [-0.25, -0.2) is 0 Å². The number of nitrogens with two attached hydrogens (primary N) is 1. The Bertz CT molecular complexity index is 156. The van der Waals surface area contributed by atoms with Gasteiger partial charge in [-0.15, -0.1) is 6.58 Å². The van der Waals surface area contributed by atoms with Crippen LogP contribution in [0.15, 0.2) is 12.7 Å². The van der Waals surface area contributed by atoms with Crippen LogP contribution >= 0.6 is 0 Å². The maximum absolute atomic E-state index is 10.9. The van der Waals surface area contributed by atoms with E-state index in [9.17, 15) is 4.79 Å². The zero-order valence-corrected chi connectivity index (χ0v) is 7.18. The van der Waals surface area contributed by atoms with Crippen LogP contribution in [0.25, 0.3) is 0 Å². The smallest absolute Gasteiger partial charge is 0.237 e. The van der Waals surface area contributed by atoms with Gasteiger partial charge in [0.15, 0.2) is 0 Å². The van der Waals surface area contributed by atoms with Gasteiger partial charge in [-0.1, -0.05) is 6.08 Å². The van der Waals surface area contributed by atoms with E-state index in [0.717, 1.165) is 6.42 Å². The number of carbonyl (C=O) groups excluding carboxylic acids is 1. The van der Waals surface area contributed by atoms with Gasteiger partial charge in [0.2, 0.25) is 5.91 Å². The van der Waals surface area contributed by atoms with Crippen molar-refractivity contribution >= 4 is 5.91 Å². The second-order valence-corrected chi connectivity index (χ2v) is 2.77. The topological polar surface area (TPSA) is 55.1 Å². The van der Waals surface area contributed by atoms with Gasteiger partial charge in [-0.2, -0.15) is 0 Å². The average Bonchev–Trinajstić information content (AvgIpc) is 2.00. The maximum Gasteiger partial charge on any atom is 0.237 e. The van der Waals surface area contributed by atoms with Crippen LogP contribution in [-0.4, -0.2) is 18.5 Å². The third kappa shape index (κ3) is 2.72. The second kappa shape index (κ2) is 4.13. The lowest BCUT2D eigenvalue weighted by molar-refractivity contribution is -0.123. The van der Waals surface area contributed by atoms with Gasteiger partial charge in [-0.3, -0.25) is 4.79 Å². The molecule has 3 nitrogen and oxygen atoms in total. The Morgan fingerprint density at radius 3 is 2.64 bits per heavy atom. The predicted octanol–water partition coefficient (Wildman–Crippen LogP) is 0.416. The van der Waals surface area contributed by atoms with Crippen LogP contribution in [-0.2, 0) is 4.79 Å². The summed E-state index contributed by atoms with van der Waals surface area (Å²) in [5.74, 6) is -0.318. The highest BCUT2D eigenvalue weighted by molar-refractivity contribution is 5.84. The number of rotatable bonds is 5. The fourth-order valence-electron chi connectivity index (χ4n) is 0.762. The summed E-state index contributed by atoms with van der Waals surface area (Å²) in [7, 11) is 1.73. The van der Waals surface area contributed by atoms with Crippen LogP contribution in [0.4, 0.5) is 0 Å². The molecule has 0 saturated heterocycles. The Balaban J connectivity index is 4.09. The Morgan fingerprint density at radius 1 is 1.82 bits per heavy atom. The molecular formula is C8H16N2O. The Kier molecular flexibility index (Phi) is 3.82. The van der Waals surface area contributed by atoms with Crippen molar-refractivity contribution in [3.8, 4) is 0 Å². The van der Waals surface area contributed by atoms with E-state index in [2.05, 4.69) is 11.9 Å². The molecule has 3 heteroatoms. The molecule has 3 N–H and O–H groups in total. The molecule has 64 valence electrons. The summed E-state index contributed by atoms with van der Waals surface area (Å²) in [6.45, 7) is 5.37. The highest BCUT2D eigenvalue weighted by atomic mass is 16.1. The minimum Gasteiger partial charge on any atom is -0.368 e. The van der Waals surface area contributed by atoms with Crippen LogP contribution in [0.2, 0.25) is 0 Å². The Morgan fingerprint density at radius 2 is 2.36 bits per heavy atom. The van der Waals surface area contributed by atoms with Crippen molar-refractivity contribution in [3.63, 3.8) is 0 Å². The van der Waals surface area contributed by atoms with Gasteiger partial charge in [0, 0.05) is 0 Å². The second-order valence-electron chi connectivity index (χ2n) is 2.77. The van der Waals surface area contributed by atoms with Crippen LogP contribution in [0.3, 0.4) is 0 Å². The SMILES string of the molecule is C=CCCC(C)(NC)C(N)=O. The van der Waals surface area contributed by atoms with Crippen molar-refractivity contribution in [2.45, 2.75) is 25.3 Å². The largest absolute Gasteiger partial charge is 0.368 e. The molecule has 0 aromatic carbocycles. The predicted molar refractivity (Wildman–Crippen MR) is 46.1 cm³/mol. The summed E-state index contributed by atoms with van der Waals surface area (Å²) in [5.41, 5.74) is 4.60. The van der Waals surface area contributed by atoms with E-state index in [-0.39, 0.29) is 5.91 Å². The Labute approximate surface area is 67.7 Å². The van der Waals surface area contributed by atoms with Crippen LogP contribution in [0.1, 0.15) is 19.8 Å². The molecule has 1 atom stereocenters. The van der Waals surface area contributed by atoms with Crippen molar-refractivity contribution < 1.29 is 4.79 Å². The zero-order chi connectivity index (χ0) is 8.91. The summed E-state index contributed by atoms with van der Waals surface area (Å²) in [4.78, 5) is 10.9. The first-order valence-corrected chi connectivity index (χ1v) is 3.66. The first-order chi connectivity index (χ1) is 5.06. The van der Waals surface area contributed by atoms with E-state index in [1.54, 1.807) is 20.0 Å². The standard InChI is InChI=1S/C8H16N2O/c1-4-5-6-8(2,10-3)7(9)11/h4,10H,1,5-6H2,2-3H3,(H2,9,11). The van der Waals surface area contributed by atoms with Crippen molar-refractivity contribution in [2.24, 2.45) is 5.73 Å². The average molecular weight is 156 g/mol. The number of hydrogen-bond donors (Lipinski definition) is 2. The number of hydrogen-bond acceptors (Lipinski definition) is 2. The highest BCUT2D eigenvalue weighted by Gasteiger charge is 2.27. The molecule has 0 heterocycles. The monoisotopic (exact) mass is 156 g/mol. The lowest BCUT2D eigenvalue weighted by Crippen LogP contribution is -2.51. The molecule has 0 aliphatic rings. The number of primary amides is 1. The summed E-state index contributed by atoms with van der Waals surface area (Å²) >= 11 is 0. The highest BCUT2D eigenvalue weighted by Crippen LogP contribution is 2.10. The number of allylic oxidation sites excluding steroid dienone is 1. The molecule has 0 aromatic heterocycles. The van der Waals surface area contributed by atoms with Gasteiger partial charge in [-0.05, 0) is 26.8 Å². The van der Waals surface area contributed by atoms with Crippen molar-refractivity contribution in [2.75, 3.05) is 7.05 Å². The van der Waals surface area contributed by atoms with Crippen molar-refractivity contribution in [1.82, 2.24) is 5.32 Å². The Hall–Kier alpha value is -0.830. The minimum atomic E-state index is -0.589. The molecule has 0 aliphatic carbocycles. The van der Waals surface area contributed by atoms with Crippen LogP contribution in [0, 0.1) is 0 Å².